The number of carbonyl (C=O) groups is 1. The van der Waals surface area contributed by atoms with Crippen LogP contribution < -0.4 is 14.8 Å². The highest BCUT2D eigenvalue weighted by atomic mass is 32.2. The van der Waals surface area contributed by atoms with Gasteiger partial charge >= 0.3 is 6.03 Å². The van der Waals surface area contributed by atoms with Gasteiger partial charge in [0.15, 0.2) is 0 Å². The fourth-order valence-electron chi connectivity index (χ4n) is 3.41. The molecule has 0 radical (unpaired) electrons. The van der Waals surface area contributed by atoms with Crippen LogP contribution in [-0.4, -0.2) is 50.5 Å². The summed E-state index contributed by atoms with van der Waals surface area (Å²) in [5, 5.41) is 3.05. The highest BCUT2D eigenvalue weighted by Crippen LogP contribution is 2.27. The summed E-state index contributed by atoms with van der Waals surface area (Å²) in [5.74, 6) is 3.50. The number of benzene rings is 2. The molecule has 2 aromatic carbocycles. The Hall–Kier alpha value is -2.34. The number of carbonyl (C=O) groups excluding carboxylic acids is 1. The minimum atomic E-state index is 0.0553. The Bertz CT molecular complexity index is 757. The van der Waals surface area contributed by atoms with Gasteiger partial charge in [-0.2, -0.15) is 0 Å². The summed E-state index contributed by atoms with van der Waals surface area (Å²) in [6.45, 7) is 2.32. The molecule has 1 fully saturated rings. The molecule has 1 saturated heterocycles. The van der Waals surface area contributed by atoms with Gasteiger partial charge in [-0.05, 0) is 67.1 Å². The van der Waals surface area contributed by atoms with E-state index in [2.05, 4.69) is 17.4 Å². The summed E-state index contributed by atoms with van der Waals surface area (Å²) in [6.07, 6.45) is 2.95. The van der Waals surface area contributed by atoms with Crippen LogP contribution in [0.1, 0.15) is 18.4 Å². The number of rotatable bonds is 8. The molecule has 0 saturated carbocycles. The number of piperidine rings is 1. The van der Waals surface area contributed by atoms with Crippen molar-refractivity contribution in [3.8, 4) is 11.5 Å². The van der Waals surface area contributed by atoms with Crippen LogP contribution in [0.25, 0.3) is 0 Å². The zero-order valence-corrected chi connectivity index (χ0v) is 18.0. The Morgan fingerprint density at radius 2 is 1.59 bits per heavy atom. The standard InChI is InChI=1S/C23H30N2O3S/c1-27-20-5-3-18(4-6-20)11-14-24-23(26)25-15-12-19(13-16-25)17-29-22-9-7-21(28-2)8-10-22/h3-10,19H,11-17H2,1-2H3,(H,24,26). The molecular weight excluding hydrogens is 384 g/mol. The van der Waals surface area contributed by atoms with Gasteiger partial charge in [0.2, 0.25) is 0 Å². The van der Waals surface area contributed by atoms with Crippen LogP contribution in [0, 0.1) is 5.92 Å². The summed E-state index contributed by atoms with van der Waals surface area (Å²) in [4.78, 5) is 15.6. The van der Waals surface area contributed by atoms with Crippen molar-refractivity contribution in [2.75, 3.05) is 39.6 Å². The molecule has 1 aliphatic rings. The second-order valence-electron chi connectivity index (χ2n) is 7.25. The van der Waals surface area contributed by atoms with Crippen LogP contribution in [0.15, 0.2) is 53.4 Å². The second kappa shape index (κ2) is 11.0. The van der Waals surface area contributed by atoms with Gasteiger partial charge in [-0.1, -0.05) is 12.1 Å². The molecule has 0 aromatic heterocycles. The molecule has 0 bridgehead atoms. The number of nitrogens with one attached hydrogen (secondary N) is 1. The van der Waals surface area contributed by atoms with E-state index in [1.165, 1.54) is 10.5 Å². The highest BCUT2D eigenvalue weighted by Gasteiger charge is 2.22. The molecule has 0 atom stereocenters. The minimum Gasteiger partial charge on any atom is -0.497 e. The number of amides is 2. The lowest BCUT2D eigenvalue weighted by atomic mass is 9.99. The molecule has 3 rings (SSSR count). The number of urea groups is 1. The maximum absolute atomic E-state index is 12.4. The summed E-state index contributed by atoms with van der Waals surface area (Å²) in [6, 6.07) is 16.2. The average Bonchev–Trinajstić information content (AvgIpc) is 2.78. The van der Waals surface area contributed by atoms with Gasteiger partial charge in [-0.25, -0.2) is 4.79 Å². The quantitative estimate of drug-likeness (QED) is 0.648. The molecule has 0 aliphatic carbocycles. The first kappa shape index (κ1) is 21.4. The number of hydrogen-bond donors (Lipinski definition) is 1. The summed E-state index contributed by atoms with van der Waals surface area (Å²) in [7, 11) is 3.35. The Morgan fingerprint density at radius 1 is 1.00 bits per heavy atom. The zero-order chi connectivity index (χ0) is 20.5. The minimum absolute atomic E-state index is 0.0553. The third kappa shape index (κ3) is 6.60. The van der Waals surface area contributed by atoms with E-state index in [4.69, 9.17) is 9.47 Å². The van der Waals surface area contributed by atoms with Crippen LogP contribution in [0.3, 0.4) is 0 Å². The van der Waals surface area contributed by atoms with Crippen molar-refractivity contribution >= 4 is 17.8 Å². The van der Waals surface area contributed by atoms with E-state index < -0.39 is 0 Å². The third-order valence-electron chi connectivity index (χ3n) is 5.30. The highest BCUT2D eigenvalue weighted by molar-refractivity contribution is 7.99. The van der Waals surface area contributed by atoms with Crippen LogP contribution >= 0.6 is 11.8 Å². The lowest BCUT2D eigenvalue weighted by molar-refractivity contribution is 0.175. The number of likely N-dealkylation sites (tertiary alicyclic amines) is 1. The molecular formula is C23H30N2O3S. The van der Waals surface area contributed by atoms with E-state index in [-0.39, 0.29) is 6.03 Å². The van der Waals surface area contributed by atoms with Gasteiger partial charge in [-0.15, -0.1) is 11.8 Å². The van der Waals surface area contributed by atoms with E-state index in [1.807, 2.05) is 53.1 Å². The fourth-order valence-corrected chi connectivity index (χ4v) is 4.50. The molecule has 1 N–H and O–H groups in total. The smallest absolute Gasteiger partial charge is 0.317 e. The number of thioether (sulfide) groups is 1. The molecule has 156 valence electrons. The maximum atomic E-state index is 12.4. The molecule has 2 aromatic rings. The van der Waals surface area contributed by atoms with Gasteiger partial charge in [0.1, 0.15) is 11.5 Å². The normalized spacial score (nSPS) is 14.5. The van der Waals surface area contributed by atoms with Crippen LogP contribution in [0.4, 0.5) is 4.79 Å². The molecule has 0 unspecified atom stereocenters. The number of hydrogen-bond acceptors (Lipinski definition) is 4. The van der Waals surface area contributed by atoms with Gasteiger partial charge in [0.25, 0.3) is 0 Å². The molecule has 1 aliphatic heterocycles. The lowest BCUT2D eigenvalue weighted by Crippen LogP contribution is -2.45. The van der Waals surface area contributed by atoms with Crippen LogP contribution in [-0.2, 0) is 6.42 Å². The summed E-state index contributed by atoms with van der Waals surface area (Å²) < 4.78 is 10.4. The van der Waals surface area contributed by atoms with Crippen molar-refractivity contribution in [3.05, 3.63) is 54.1 Å². The van der Waals surface area contributed by atoms with E-state index in [0.29, 0.717) is 12.5 Å². The zero-order valence-electron chi connectivity index (χ0n) is 17.2. The molecule has 6 heteroatoms. The molecule has 5 nitrogen and oxygen atoms in total. The molecule has 2 amide bonds. The van der Waals surface area contributed by atoms with E-state index in [1.54, 1.807) is 14.2 Å². The fraction of sp³-hybridized carbons (Fsp3) is 0.435. The number of nitrogens with zero attached hydrogens (tertiary/aromatic N) is 1. The van der Waals surface area contributed by atoms with Crippen molar-refractivity contribution in [1.82, 2.24) is 10.2 Å². The molecule has 29 heavy (non-hydrogen) atoms. The number of methoxy groups -OCH3 is 2. The SMILES string of the molecule is COc1ccc(CCNC(=O)N2CCC(CSc3ccc(OC)cc3)CC2)cc1. The van der Waals surface area contributed by atoms with Crippen molar-refractivity contribution in [2.45, 2.75) is 24.2 Å². The molecule has 1 heterocycles. The topological polar surface area (TPSA) is 50.8 Å². The van der Waals surface area contributed by atoms with Crippen LogP contribution in [0.2, 0.25) is 0 Å². The van der Waals surface area contributed by atoms with E-state index in [9.17, 15) is 4.79 Å². The summed E-state index contributed by atoms with van der Waals surface area (Å²) in [5.41, 5.74) is 1.19. The first-order valence-electron chi connectivity index (χ1n) is 10.1. The van der Waals surface area contributed by atoms with Gasteiger partial charge < -0.3 is 19.7 Å². The van der Waals surface area contributed by atoms with Crippen molar-refractivity contribution in [3.63, 3.8) is 0 Å². The van der Waals surface area contributed by atoms with Crippen molar-refractivity contribution in [1.29, 1.82) is 0 Å². The Balaban J connectivity index is 1.33. The average molecular weight is 415 g/mol. The largest absolute Gasteiger partial charge is 0.497 e. The predicted octanol–water partition coefficient (Wildman–Crippen LogP) is 4.46. The van der Waals surface area contributed by atoms with Gasteiger partial charge in [-0.3, -0.25) is 0 Å². The lowest BCUT2D eigenvalue weighted by Gasteiger charge is -2.32. The first-order chi connectivity index (χ1) is 14.2. The van der Waals surface area contributed by atoms with Crippen molar-refractivity contribution in [2.24, 2.45) is 5.92 Å². The predicted molar refractivity (Wildman–Crippen MR) is 118 cm³/mol. The third-order valence-corrected chi connectivity index (χ3v) is 6.54. The molecule has 0 spiro atoms. The Kier molecular flexibility index (Phi) is 8.11. The van der Waals surface area contributed by atoms with E-state index >= 15 is 0 Å². The summed E-state index contributed by atoms with van der Waals surface area (Å²) >= 11 is 1.89. The second-order valence-corrected chi connectivity index (χ2v) is 8.34. The first-order valence-corrected chi connectivity index (χ1v) is 11.1. The van der Waals surface area contributed by atoms with Gasteiger partial charge in [0, 0.05) is 30.3 Å². The monoisotopic (exact) mass is 414 g/mol. The Morgan fingerprint density at radius 3 is 2.17 bits per heavy atom. The van der Waals surface area contributed by atoms with Gasteiger partial charge in [0.05, 0.1) is 14.2 Å². The number of ether oxygens (including phenoxy) is 2. The van der Waals surface area contributed by atoms with Crippen LogP contribution in [0.5, 0.6) is 11.5 Å². The van der Waals surface area contributed by atoms with Crippen molar-refractivity contribution < 1.29 is 14.3 Å². The Labute approximate surface area is 177 Å². The maximum Gasteiger partial charge on any atom is 0.317 e. The van der Waals surface area contributed by atoms with E-state index in [0.717, 1.165) is 49.6 Å².